The third-order valence-electron chi connectivity index (χ3n) is 6.28. The number of nitro benzene ring substituents is 1. The molecule has 12 nitrogen and oxygen atoms in total. The fourth-order valence-corrected chi connectivity index (χ4v) is 4.07. The van der Waals surface area contributed by atoms with Crippen LogP contribution in [0.2, 0.25) is 0 Å². The van der Waals surface area contributed by atoms with Crippen molar-refractivity contribution in [3.05, 3.63) is 123 Å². The van der Waals surface area contributed by atoms with E-state index in [1.54, 1.807) is 37.3 Å². The molecule has 2 N–H and O–H groups in total. The SMILES string of the molecule is CCOc1ccc(C(=O)Oc2c(/C=N/NC(=O)c3ccc(NC(=O)c4ccc(C)cc4)cc3)cccc2[N+](=O)[O-])cc1OCC. The van der Waals surface area contributed by atoms with Crippen molar-refractivity contribution in [1.29, 1.82) is 0 Å². The van der Waals surface area contributed by atoms with E-state index in [9.17, 15) is 24.5 Å². The van der Waals surface area contributed by atoms with Gasteiger partial charge in [-0.25, -0.2) is 10.2 Å². The van der Waals surface area contributed by atoms with Gasteiger partial charge < -0.3 is 19.5 Å². The molecule has 0 spiro atoms. The van der Waals surface area contributed by atoms with Crippen LogP contribution in [0.5, 0.6) is 17.2 Å². The first-order valence-electron chi connectivity index (χ1n) is 13.9. The molecule has 0 atom stereocenters. The van der Waals surface area contributed by atoms with Gasteiger partial charge in [-0.15, -0.1) is 0 Å². The Bertz CT molecular complexity index is 1740. The van der Waals surface area contributed by atoms with Crippen LogP contribution in [0.3, 0.4) is 0 Å². The van der Waals surface area contributed by atoms with Crippen LogP contribution in [0.25, 0.3) is 0 Å². The molecule has 0 saturated heterocycles. The van der Waals surface area contributed by atoms with Crippen molar-refractivity contribution in [2.24, 2.45) is 5.10 Å². The number of carbonyl (C=O) groups excluding carboxylic acids is 3. The zero-order chi connectivity index (χ0) is 32.3. The van der Waals surface area contributed by atoms with Gasteiger partial charge in [0.2, 0.25) is 5.75 Å². The number of esters is 1. The fourth-order valence-electron chi connectivity index (χ4n) is 4.07. The van der Waals surface area contributed by atoms with Gasteiger partial charge in [-0.05, 0) is 81.4 Å². The van der Waals surface area contributed by atoms with Crippen molar-refractivity contribution in [1.82, 2.24) is 5.43 Å². The van der Waals surface area contributed by atoms with Crippen LogP contribution in [-0.4, -0.2) is 42.1 Å². The van der Waals surface area contributed by atoms with E-state index in [1.165, 1.54) is 42.5 Å². The summed E-state index contributed by atoms with van der Waals surface area (Å²) < 4.78 is 16.5. The van der Waals surface area contributed by atoms with Gasteiger partial charge in [-0.1, -0.05) is 23.8 Å². The van der Waals surface area contributed by atoms with Gasteiger partial charge in [0, 0.05) is 28.4 Å². The van der Waals surface area contributed by atoms with Gasteiger partial charge in [0.25, 0.3) is 11.8 Å². The molecule has 0 heterocycles. The number of aryl methyl sites for hydroxylation is 1. The summed E-state index contributed by atoms with van der Waals surface area (Å²) in [7, 11) is 0. The van der Waals surface area contributed by atoms with Gasteiger partial charge in [0.15, 0.2) is 11.5 Å². The van der Waals surface area contributed by atoms with E-state index in [4.69, 9.17) is 14.2 Å². The van der Waals surface area contributed by atoms with Gasteiger partial charge in [-0.2, -0.15) is 5.10 Å². The van der Waals surface area contributed by atoms with Gasteiger partial charge in [-0.3, -0.25) is 19.7 Å². The van der Waals surface area contributed by atoms with Crippen LogP contribution in [0.15, 0.2) is 90.0 Å². The number of amides is 2. The number of benzene rings is 4. The average Bonchev–Trinajstić information content (AvgIpc) is 3.03. The molecule has 230 valence electrons. The second-order valence-corrected chi connectivity index (χ2v) is 9.47. The monoisotopic (exact) mass is 610 g/mol. The Balaban J connectivity index is 1.46. The van der Waals surface area contributed by atoms with E-state index >= 15 is 0 Å². The van der Waals surface area contributed by atoms with Crippen LogP contribution in [0, 0.1) is 17.0 Å². The molecule has 4 rings (SSSR count). The minimum atomic E-state index is -0.874. The minimum absolute atomic E-state index is 0.0722. The molecule has 0 radical (unpaired) electrons. The molecule has 0 aromatic heterocycles. The van der Waals surface area contributed by atoms with Crippen LogP contribution < -0.4 is 25.0 Å². The average molecular weight is 611 g/mol. The van der Waals surface area contributed by atoms with Gasteiger partial charge in [0.05, 0.1) is 29.9 Å². The summed E-state index contributed by atoms with van der Waals surface area (Å²) in [5.74, 6) is -1.34. The first-order chi connectivity index (χ1) is 21.7. The maximum atomic E-state index is 13.0. The first kappa shape index (κ1) is 31.9. The summed E-state index contributed by atoms with van der Waals surface area (Å²) in [6.07, 6.45) is 1.13. The number of carbonyl (C=O) groups is 3. The molecular weight excluding hydrogens is 580 g/mol. The Morgan fingerprint density at radius 1 is 0.822 bits per heavy atom. The van der Waals surface area contributed by atoms with Gasteiger partial charge in [0.1, 0.15) is 0 Å². The minimum Gasteiger partial charge on any atom is -0.490 e. The third-order valence-corrected chi connectivity index (χ3v) is 6.28. The van der Waals surface area contributed by atoms with Crippen LogP contribution in [-0.2, 0) is 0 Å². The Hall–Kier alpha value is -6.04. The highest BCUT2D eigenvalue weighted by molar-refractivity contribution is 6.04. The van der Waals surface area contributed by atoms with E-state index in [2.05, 4.69) is 15.8 Å². The highest BCUT2D eigenvalue weighted by atomic mass is 16.6. The molecule has 0 aliphatic heterocycles. The molecule has 0 aliphatic rings. The van der Waals surface area contributed by atoms with Crippen molar-refractivity contribution in [2.75, 3.05) is 18.5 Å². The lowest BCUT2D eigenvalue weighted by Crippen LogP contribution is -2.18. The molecular formula is C33H30N4O8. The molecule has 4 aromatic carbocycles. The summed E-state index contributed by atoms with van der Waals surface area (Å²) in [6.45, 7) is 6.22. The first-order valence-corrected chi connectivity index (χ1v) is 13.9. The van der Waals surface area contributed by atoms with Crippen molar-refractivity contribution in [3.8, 4) is 17.2 Å². The summed E-state index contributed by atoms with van der Waals surface area (Å²) in [5, 5.41) is 18.4. The third kappa shape index (κ3) is 8.29. The molecule has 45 heavy (non-hydrogen) atoms. The lowest BCUT2D eigenvalue weighted by atomic mass is 10.1. The lowest BCUT2D eigenvalue weighted by molar-refractivity contribution is -0.385. The van der Waals surface area contributed by atoms with Crippen LogP contribution in [0.1, 0.15) is 56.0 Å². The van der Waals surface area contributed by atoms with Crippen molar-refractivity contribution < 1.29 is 33.5 Å². The number of nitrogens with zero attached hydrogens (tertiary/aromatic N) is 2. The number of hydrogen-bond acceptors (Lipinski definition) is 9. The number of hydrazone groups is 1. The fraction of sp³-hybridized carbons (Fsp3) is 0.152. The maximum Gasteiger partial charge on any atom is 0.343 e. The summed E-state index contributed by atoms with van der Waals surface area (Å²) in [4.78, 5) is 49.2. The number of rotatable bonds is 12. The standard InChI is InChI=1S/C33H30N4O8/c1-4-43-28-18-15-24(19-29(28)44-5-2)33(40)45-30-25(7-6-8-27(30)37(41)42)20-34-36-32(39)23-13-16-26(17-14-23)35-31(38)22-11-9-21(3)10-12-22/h6-20H,4-5H2,1-3H3,(H,35,38)(H,36,39)/b34-20+. The summed E-state index contributed by atoms with van der Waals surface area (Å²) in [6, 6.07) is 21.7. The second kappa shape index (κ2) is 14.9. The Morgan fingerprint density at radius 2 is 1.44 bits per heavy atom. The van der Waals surface area contributed by atoms with Gasteiger partial charge >= 0.3 is 11.7 Å². The highest BCUT2D eigenvalue weighted by Gasteiger charge is 2.23. The molecule has 4 aromatic rings. The normalized spacial score (nSPS) is 10.6. The number of anilines is 1. The quantitative estimate of drug-likeness (QED) is 0.0656. The Morgan fingerprint density at radius 3 is 2.11 bits per heavy atom. The molecule has 2 amide bonds. The number of hydrogen-bond donors (Lipinski definition) is 2. The van der Waals surface area contributed by atoms with Crippen molar-refractivity contribution in [3.63, 3.8) is 0 Å². The molecule has 12 heteroatoms. The molecule has 0 saturated carbocycles. The second-order valence-electron chi connectivity index (χ2n) is 9.47. The molecule has 0 aliphatic carbocycles. The van der Waals surface area contributed by atoms with E-state index < -0.39 is 22.5 Å². The highest BCUT2D eigenvalue weighted by Crippen LogP contribution is 2.33. The van der Waals surface area contributed by atoms with E-state index in [0.717, 1.165) is 11.8 Å². The Kier molecular flexibility index (Phi) is 10.6. The topological polar surface area (TPSA) is 158 Å². The predicted octanol–water partition coefficient (Wildman–Crippen LogP) is 5.94. The molecule has 0 fully saturated rings. The van der Waals surface area contributed by atoms with Crippen molar-refractivity contribution in [2.45, 2.75) is 20.8 Å². The van der Waals surface area contributed by atoms with E-state index in [-0.39, 0.29) is 28.3 Å². The number of nitrogens with one attached hydrogen (secondary N) is 2. The van der Waals surface area contributed by atoms with Crippen LogP contribution >= 0.6 is 0 Å². The number of para-hydroxylation sites is 1. The maximum absolute atomic E-state index is 13.0. The largest absolute Gasteiger partial charge is 0.490 e. The van der Waals surface area contributed by atoms with E-state index in [0.29, 0.717) is 36.0 Å². The smallest absolute Gasteiger partial charge is 0.343 e. The summed E-state index contributed by atoms with van der Waals surface area (Å²) >= 11 is 0. The molecule has 0 unspecified atom stereocenters. The number of ether oxygens (including phenoxy) is 3. The Labute approximate surface area is 258 Å². The van der Waals surface area contributed by atoms with E-state index in [1.807, 2.05) is 26.0 Å². The number of nitro groups is 1. The predicted molar refractivity (Wildman–Crippen MR) is 167 cm³/mol. The van der Waals surface area contributed by atoms with Crippen molar-refractivity contribution >= 4 is 35.4 Å². The zero-order valence-electron chi connectivity index (χ0n) is 24.7. The summed E-state index contributed by atoms with van der Waals surface area (Å²) in [5.41, 5.74) is 4.28. The molecule has 0 bridgehead atoms. The lowest BCUT2D eigenvalue weighted by Gasteiger charge is -2.12. The van der Waals surface area contributed by atoms with Crippen LogP contribution in [0.4, 0.5) is 11.4 Å². The zero-order valence-corrected chi connectivity index (χ0v) is 24.7.